The van der Waals surface area contributed by atoms with Gasteiger partial charge in [0.05, 0.1) is 35.1 Å². The number of aromatic nitrogens is 2. The summed E-state index contributed by atoms with van der Waals surface area (Å²) >= 11 is -2.88. The van der Waals surface area contributed by atoms with Crippen LogP contribution >= 0.6 is 0 Å². The number of ether oxygens (including phenoxy) is 1. The predicted molar refractivity (Wildman–Crippen MR) is 114 cm³/mol. The average molecular weight is 530 g/mol. The van der Waals surface area contributed by atoms with E-state index in [1.165, 1.54) is 49.6 Å². The summed E-state index contributed by atoms with van der Waals surface area (Å²) in [5, 5.41) is 10.1. The highest BCUT2D eigenvalue weighted by Gasteiger charge is 2.38. The summed E-state index contributed by atoms with van der Waals surface area (Å²) in [4.78, 5) is 3.75. The number of imidazole rings is 1. The summed E-state index contributed by atoms with van der Waals surface area (Å²) in [6.45, 7) is 0.0133. The van der Waals surface area contributed by atoms with Gasteiger partial charge >= 0.3 is 6.18 Å². The number of alkyl halides is 3. The van der Waals surface area contributed by atoms with Crippen LogP contribution in [0.1, 0.15) is 11.4 Å². The molecular weight excluding hydrogens is 513 g/mol. The van der Waals surface area contributed by atoms with Crippen LogP contribution < -0.4 is 15.3 Å². The molecule has 4 aromatic rings. The summed E-state index contributed by atoms with van der Waals surface area (Å²) in [5.74, 6) is -1.96. The van der Waals surface area contributed by atoms with E-state index in [9.17, 15) is 22.0 Å². The zero-order valence-corrected chi connectivity index (χ0v) is 19.1. The van der Waals surface area contributed by atoms with E-state index in [1.54, 1.807) is 23.5 Å². The number of fused-ring (bicyclic) bond motifs is 1. The number of benzene rings is 3. The quantitative estimate of drug-likeness (QED) is 0.135. The van der Waals surface area contributed by atoms with Crippen molar-refractivity contribution in [2.45, 2.75) is 12.7 Å². The van der Waals surface area contributed by atoms with Crippen molar-refractivity contribution in [1.29, 1.82) is 0 Å². The van der Waals surface area contributed by atoms with Crippen molar-refractivity contribution in [1.82, 2.24) is 9.55 Å². The average Bonchev–Trinajstić information content (AvgIpc) is 3.24. The highest BCUT2D eigenvalue weighted by Crippen LogP contribution is 2.35. The maximum atomic E-state index is 13.8. The summed E-state index contributed by atoms with van der Waals surface area (Å²) in [6, 6.07) is 14.3. The first kappa shape index (κ1) is 27.2. The van der Waals surface area contributed by atoms with Crippen molar-refractivity contribution in [3.05, 3.63) is 83.7 Å². The fourth-order valence-electron chi connectivity index (χ4n) is 3.35. The third-order valence-corrected chi connectivity index (χ3v) is 5.04. The molecule has 1 atom stereocenters. The highest BCUT2D eigenvalue weighted by molar-refractivity contribution is 7.73. The van der Waals surface area contributed by atoms with Crippen molar-refractivity contribution < 1.29 is 50.4 Å². The molecular formula is C22H17F5N3O5S-. The van der Waals surface area contributed by atoms with E-state index < -0.39 is 35.0 Å². The number of quaternary nitrogens is 1. The lowest BCUT2D eigenvalue weighted by atomic mass is 10.2. The van der Waals surface area contributed by atoms with Gasteiger partial charge in [-0.25, -0.2) is 18.0 Å². The molecule has 2 N–H and O–H groups in total. The minimum absolute atomic E-state index is 0.0133. The van der Waals surface area contributed by atoms with Gasteiger partial charge in [-0.15, -0.1) is 0 Å². The first-order valence-electron chi connectivity index (χ1n) is 9.95. The van der Waals surface area contributed by atoms with Gasteiger partial charge in [0.1, 0.15) is 29.6 Å². The minimum atomic E-state index is -4.67. The van der Waals surface area contributed by atoms with E-state index >= 15 is 0 Å². The van der Waals surface area contributed by atoms with Gasteiger partial charge in [0.15, 0.2) is 0 Å². The van der Waals surface area contributed by atoms with E-state index in [4.69, 9.17) is 18.8 Å². The smallest absolute Gasteiger partial charge is 0.450 e. The Bertz CT molecular complexity index is 1340. The second-order valence-electron chi connectivity index (χ2n) is 7.10. The molecule has 0 saturated carbocycles. The Hall–Kier alpha value is -3.43. The molecule has 192 valence electrons. The Morgan fingerprint density at radius 2 is 1.67 bits per heavy atom. The van der Waals surface area contributed by atoms with Crippen LogP contribution in [0, 0.1) is 11.6 Å². The molecule has 0 fully saturated rings. The van der Waals surface area contributed by atoms with Crippen LogP contribution in [0.15, 0.2) is 60.7 Å². The molecule has 0 bridgehead atoms. The minimum Gasteiger partial charge on any atom is -0.750 e. The number of hydrogen-bond acceptors (Lipinski definition) is 6. The van der Waals surface area contributed by atoms with Gasteiger partial charge in [-0.05, 0) is 36.4 Å². The second-order valence-corrected chi connectivity index (χ2v) is 7.64. The van der Waals surface area contributed by atoms with Crippen molar-refractivity contribution in [2.75, 3.05) is 7.11 Å². The zero-order chi connectivity index (χ0) is 26.5. The Labute approximate surface area is 203 Å². The molecule has 0 amide bonds. The third kappa shape index (κ3) is 6.41. The number of rotatable bonds is 6. The summed E-state index contributed by atoms with van der Waals surface area (Å²) in [5.41, 5.74) is 1.23. The second kappa shape index (κ2) is 11.5. The van der Waals surface area contributed by atoms with E-state index in [0.717, 1.165) is 4.57 Å². The van der Waals surface area contributed by atoms with Gasteiger partial charge < -0.3 is 24.2 Å². The summed E-state index contributed by atoms with van der Waals surface area (Å²) in [7, 11) is 1.42. The van der Waals surface area contributed by atoms with Crippen LogP contribution in [-0.2, 0) is 28.4 Å². The Kier molecular flexibility index (Phi) is 8.70. The van der Waals surface area contributed by atoms with Crippen molar-refractivity contribution >= 4 is 28.1 Å². The van der Waals surface area contributed by atoms with Gasteiger partial charge in [-0.3, -0.25) is 4.57 Å². The van der Waals surface area contributed by atoms with Crippen LogP contribution in [-0.4, -0.2) is 25.4 Å². The molecule has 4 rings (SSSR count). The number of hydrogen-bond donors (Lipinski definition) is 1. The zero-order valence-electron chi connectivity index (χ0n) is 18.3. The summed E-state index contributed by atoms with van der Waals surface area (Å²) in [6.07, 6.45) is -4.67. The number of halogens is 5. The molecule has 0 aliphatic heterocycles. The molecule has 8 nitrogen and oxygen atoms in total. The van der Waals surface area contributed by atoms with Crippen LogP contribution in [0.4, 0.5) is 27.6 Å². The van der Waals surface area contributed by atoms with E-state index in [-0.39, 0.29) is 28.8 Å². The highest BCUT2D eigenvalue weighted by atomic mass is 32.2. The lowest BCUT2D eigenvalue weighted by Crippen LogP contribution is -2.76. The maximum absolute atomic E-state index is 13.8. The molecule has 1 aromatic heterocycles. The standard InChI is InChI=1S/C22H16F5N3O.H2O4S/c1-31-15-9-10-20-19(11-15)29-21(22(25,26)27)30(20)14-7-5-13(6-8-14)28-12-16-17(23)3-2-4-18(16)24;1-4-5(2)3/h2-11,28H,12H2,1H3;1H,(H,2,3)/p-1. The molecule has 3 aromatic carbocycles. The molecule has 36 heavy (non-hydrogen) atoms. The predicted octanol–water partition coefficient (Wildman–Crippen LogP) is 2.80. The first-order valence-corrected chi connectivity index (χ1v) is 10.9. The Morgan fingerprint density at radius 3 is 2.19 bits per heavy atom. The lowest BCUT2D eigenvalue weighted by molar-refractivity contribution is -0.635. The van der Waals surface area contributed by atoms with Crippen LogP contribution in [0.25, 0.3) is 16.7 Å². The lowest BCUT2D eigenvalue weighted by Gasteiger charge is -2.12. The Morgan fingerprint density at radius 1 is 1.06 bits per heavy atom. The number of methoxy groups -OCH3 is 1. The molecule has 0 aliphatic rings. The van der Waals surface area contributed by atoms with E-state index in [2.05, 4.69) is 9.32 Å². The van der Waals surface area contributed by atoms with E-state index in [0.29, 0.717) is 11.4 Å². The fourth-order valence-corrected chi connectivity index (χ4v) is 3.35. The third-order valence-electron chi connectivity index (χ3n) is 4.93. The van der Waals surface area contributed by atoms with E-state index in [1.807, 2.05) is 0 Å². The fraction of sp³-hybridized carbons (Fsp3) is 0.136. The largest absolute Gasteiger partial charge is 0.750 e. The molecule has 0 saturated heterocycles. The molecule has 0 spiro atoms. The topological polar surface area (TPSA) is 116 Å². The van der Waals surface area contributed by atoms with Gasteiger partial charge in [0.25, 0.3) is 0 Å². The van der Waals surface area contributed by atoms with Gasteiger partial charge in [0, 0.05) is 23.9 Å². The van der Waals surface area contributed by atoms with Gasteiger partial charge in [-0.2, -0.15) is 13.2 Å². The number of nitrogens with two attached hydrogens (primary N) is 1. The first-order chi connectivity index (χ1) is 17.0. The van der Waals surface area contributed by atoms with Gasteiger partial charge in [0.2, 0.25) is 5.82 Å². The van der Waals surface area contributed by atoms with Crippen molar-refractivity contribution in [3.8, 4) is 11.4 Å². The van der Waals surface area contributed by atoms with Crippen LogP contribution in [0.2, 0.25) is 0 Å². The van der Waals surface area contributed by atoms with Crippen LogP contribution in [0.3, 0.4) is 0 Å². The monoisotopic (exact) mass is 530 g/mol. The van der Waals surface area contributed by atoms with Gasteiger partial charge in [-0.1, -0.05) is 6.07 Å². The molecule has 1 heterocycles. The molecule has 0 aliphatic carbocycles. The number of nitrogens with zero attached hydrogens (tertiary/aromatic N) is 2. The van der Waals surface area contributed by atoms with Crippen molar-refractivity contribution in [2.24, 2.45) is 0 Å². The normalized spacial score (nSPS) is 12.2. The molecule has 0 radical (unpaired) electrons. The van der Waals surface area contributed by atoms with Crippen molar-refractivity contribution in [3.63, 3.8) is 0 Å². The maximum Gasteiger partial charge on any atom is 0.450 e. The molecule has 14 heteroatoms. The SMILES string of the molecule is COc1ccc2c(c1)nc(C(F)(F)F)n2-c1ccc([NH2+]Cc2c(F)cccc2F)cc1.O=S([O-])O[O-]. The summed E-state index contributed by atoms with van der Waals surface area (Å²) < 4.78 is 94.6. The van der Waals surface area contributed by atoms with Crippen LogP contribution in [0.5, 0.6) is 5.75 Å². The Balaban J connectivity index is 0.000000658. The molecule has 1 unspecified atom stereocenters.